The normalized spacial score (nSPS) is 18.5. The highest BCUT2D eigenvalue weighted by Gasteiger charge is 2.58. The van der Waals surface area contributed by atoms with Crippen LogP contribution in [-0.2, 0) is 16.1 Å². The Kier molecular flexibility index (Phi) is 7.54. The smallest absolute Gasteiger partial charge is 0.255 e. The van der Waals surface area contributed by atoms with Gasteiger partial charge in [-0.05, 0) is 55.0 Å². The van der Waals surface area contributed by atoms with Crippen LogP contribution in [0.3, 0.4) is 0 Å². The first kappa shape index (κ1) is 27.4. The number of rotatable bonds is 9. The minimum Gasteiger partial charge on any atom is -0.497 e. The number of aliphatic hydroxyl groups is 1. The van der Waals surface area contributed by atoms with Crippen molar-refractivity contribution in [2.24, 2.45) is 0 Å². The molecule has 3 heterocycles. The maximum absolute atomic E-state index is 13.7. The number of fused-ring (bicyclic) bond motifs is 1. The molecule has 2 aliphatic heterocycles. The molecule has 11 heteroatoms. The van der Waals surface area contributed by atoms with E-state index >= 15 is 0 Å². The summed E-state index contributed by atoms with van der Waals surface area (Å²) in [6, 6.07) is 12.4. The fraction of sp³-hybridized carbons (Fsp3) is 0.400. The molecule has 3 aliphatic rings. The minimum atomic E-state index is -0.948. The molecule has 1 saturated carbocycles. The largest absolute Gasteiger partial charge is 0.497 e. The predicted molar refractivity (Wildman–Crippen MR) is 153 cm³/mol. The molecule has 1 aliphatic carbocycles. The third-order valence-electron chi connectivity index (χ3n) is 8.13. The number of aliphatic hydroxyl groups excluding tert-OH is 1. The molecule has 1 saturated heterocycles. The van der Waals surface area contributed by atoms with E-state index in [0.29, 0.717) is 66.1 Å². The Hall–Kier alpha value is -3.73. The molecule has 0 radical (unpaired) electrons. The van der Waals surface area contributed by atoms with Crippen LogP contribution in [0.4, 0.5) is 5.95 Å². The lowest BCUT2D eigenvalue weighted by atomic mass is 10.0. The molecule has 41 heavy (non-hydrogen) atoms. The summed E-state index contributed by atoms with van der Waals surface area (Å²) < 4.78 is 10.7. The Morgan fingerprint density at radius 2 is 2.05 bits per heavy atom. The number of carbonyl (C=O) groups excluding carboxylic acids is 2. The molecule has 2 fully saturated rings. The number of carbonyl (C=O) groups is 2. The van der Waals surface area contributed by atoms with Crippen LogP contribution in [0.5, 0.6) is 5.75 Å². The Morgan fingerprint density at radius 1 is 1.24 bits per heavy atom. The zero-order chi connectivity index (χ0) is 28.6. The second-order valence-electron chi connectivity index (χ2n) is 10.7. The number of benzene rings is 2. The first-order valence-electron chi connectivity index (χ1n) is 13.8. The highest BCUT2D eigenvalue weighted by molar-refractivity contribution is 6.33. The molecule has 10 nitrogen and oxygen atoms in total. The number of aromatic nitrogens is 2. The predicted octanol–water partition coefficient (Wildman–Crippen LogP) is 3.73. The average molecular weight is 578 g/mol. The second kappa shape index (κ2) is 11.3. The lowest BCUT2D eigenvalue weighted by Gasteiger charge is -2.29. The lowest BCUT2D eigenvalue weighted by molar-refractivity contribution is -0.128. The Labute approximate surface area is 243 Å². The standard InChI is InChI=1S/C30H32ClN5O5/c1-40-22-4-2-3-18(13-22)25(17-37)34-28(39)30(9-10-30)36-16-20-6-5-19(14-23(20)27(36)38)26-24(31)15-32-29(35-26)33-21-7-11-41-12-8-21/h2-6,13-15,21,25,37H,7-12,16-17H2,1H3,(H,34,39)(H,32,33,35)/t25-/m1/s1. The molecule has 3 aromatic rings. The third-order valence-corrected chi connectivity index (χ3v) is 8.41. The van der Waals surface area contributed by atoms with Crippen molar-refractivity contribution in [2.75, 3.05) is 32.2 Å². The van der Waals surface area contributed by atoms with Crippen molar-refractivity contribution in [3.05, 3.63) is 70.4 Å². The fourth-order valence-electron chi connectivity index (χ4n) is 5.58. The molecule has 0 unspecified atom stereocenters. The molecule has 3 N–H and O–H groups in total. The van der Waals surface area contributed by atoms with Gasteiger partial charge in [0.1, 0.15) is 11.3 Å². The summed E-state index contributed by atoms with van der Waals surface area (Å²) in [5, 5.41) is 16.7. The van der Waals surface area contributed by atoms with E-state index in [1.54, 1.807) is 36.4 Å². The number of halogens is 1. The Morgan fingerprint density at radius 3 is 2.78 bits per heavy atom. The van der Waals surface area contributed by atoms with E-state index in [-0.39, 0.29) is 24.5 Å². The van der Waals surface area contributed by atoms with Gasteiger partial charge in [-0.3, -0.25) is 9.59 Å². The summed E-state index contributed by atoms with van der Waals surface area (Å²) in [4.78, 5) is 37.9. The van der Waals surface area contributed by atoms with E-state index in [2.05, 4.69) is 20.6 Å². The van der Waals surface area contributed by atoms with Gasteiger partial charge in [-0.25, -0.2) is 9.97 Å². The topological polar surface area (TPSA) is 126 Å². The maximum Gasteiger partial charge on any atom is 0.255 e. The van der Waals surface area contributed by atoms with Crippen LogP contribution in [0.15, 0.2) is 48.7 Å². The molecule has 2 aromatic carbocycles. The summed E-state index contributed by atoms with van der Waals surface area (Å²) in [5.41, 5.74) is 2.39. The van der Waals surface area contributed by atoms with Crippen molar-refractivity contribution < 1.29 is 24.2 Å². The number of methoxy groups -OCH3 is 1. The fourth-order valence-corrected chi connectivity index (χ4v) is 5.78. The molecule has 214 valence electrons. The van der Waals surface area contributed by atoms with Gasteiger partial charge in [0.15, 0.2) is 0 Å². The number of nitrogens with zero attached hydrogens (tertiary/aromatic N) is 3. The van der Waals surface area contributed by atoms with Crippen LogP contribution in [0.2, 0.25) is 5.02 Å². The first-order chi connectivity index (χ1) is 19.9. The summed E-state index contributed by atoms with van der Waals surface area (Å²) >= 11 is 6.50. The van der Waals surface area contributed by atoms with Crippen LogP contribution < -0.4 is 15.4 Å². The van der Waals surface area contributed by atoms with Gasteiger partial charge < -0.3 is 30.1 Å². The molecule has 0 bridgehead atoms. The van der Waals surface area contributed by atoms with E-state index in [1.807, 2.05) is 24.3 Å². The quantitative estimate of drug-likeness (QED) is 0.351. The van der Waals surface area contributed by atoms with Gasteiger partial charge in [0.25, 0.3) is 5.91 Å². The third kappa shape index (κ3) is 5.35. The second-order valence-corrected chi connectivity index (χ2v) is 11.1. The van der Waals surface area contributed by atoms with Gasteiger partial charge in [0.05, 0.1) is 36.7 Å². The average Bonchev–Trinajstić information content (AvgIpc) is 3.75. The van der Waals surface area contributed by atoms with Crippen LogP contribution >= 0.6 is 11.6 Å². The molecular formula is C30H32ClN5O5. The van der Waals surface area contributed by atoms with Crippen molar-refractivity contribution in [3.8, 4) is 17.0 Å². The number of anilines is 1. The Bertz CT molecular complexity index is 1470. The van der Waals surface area contributed by atoms with Crippen molar-refractivity contribution >= 4 is 29.4 Å². The summed E-state index contributed by atoms with van der Waals surface area (Å²) in [7, 11) is 1.56. The SMILES string of the molecule is COc1cccc([C@@H](CO)NC(=O)C2(N3Cc4ccc(-c5nc(NC6CCOCC6)ncc5Cl)cc4C3=O)CC2)c1. The van der Waals surface area contributed by atoms with Crippen LogP contribution in [0.1, 0.15) is 53.2 Å². The highest BCUT2D eigenvalue weighted by Crippen LogP contribution is 2.47. The molecule has 1 aromatic heterocycles. The van der Waals surface area contributed by atoms with Crippen molar-refractivity contribution in [1.29, 1.82) is 0 Å². The molecule has 6 rings (SSSR count). The van der Waals surface area contributed by atoms with Crippen LogP contribution in [-0.4, -0.2) is 70.3 Å². The van der Waals surface area contributed by atoms with Crippen molar-refractivity contribution in [1.82, 2.24) is 20.2 Å². The maximum atomic E-state index is 13.7. The van der Waals surface area contributed by atoms with E-state index in [1.165, 1.54) is 0 Å². The van der Waals surface area contributed by atoms with Crippen molar-refractivity contribution in [3.63, 3.8) is 0 Å². The van der Waals surface area contributed by atoms with E-state index < -0.39 is 11.6 Å². The van der Waals surface area contributed by atoms with Gasteiger partial charge in [0, 0.05) is 36.9 Å². The minimum absolute atomic E-state index is 0.206. The zero-order valence-electron chi connectivity index (χ0n) is 22.7. The number of hydrogen-bond donors (Lipinski definition) is 3. The van der Waals surface area contributed by atoms with Gasteiger partial charge in [-0.1, -0.05) is 35.9 Å². The summed E-state index contributed by atoms with van der Waals surface area (Å²) in [6.07, 6.45) is 4.43. The zero-order valence-corrected chi connectivity index (χ0v) is 23.5. The number of ether oxygens (including phenoxy) is 2. The summed E-state index contributed by atoms with van der Waals surface area (Å²) in [6.45, 7) is 1.45. The van der Waals surface area contributed by atoms with Gasteiger partial charge in [-0.15, -0.1) is 0 Å². The molecule has 1 atom stereocenters. The van der Waals surface area contributed by atoms with Crippen LogP contribution in [0.25, 0.3) is 11.3 Å². The highest BCUT2D eigenvalue weighted by atomic mass is 35.5. The molecule has 2 amide bonds. The Balaban J connectivity index is 1.20. The van der Waals surface area contributed by atoms with Gasteiger partial charge in [0.2, 0.25) is 11.9 Å². The first-order valence-corrected chi connectivity index (χ1v) is 14.2. The van der Waals surface area contributed by atoms with Crippen LogP contribution in [0, 0.1) is 0 Å². The number of nitrogens with one attached hydrogen (secondary N) is 2. The summed E-state index contributed by atoms with van der Waals surface area (Å²) in [5.74, 6) is 0.631. The molecule has 0 spiro atoms. The lowest BCUT2D eigenvalue weighted by Crippen LogP contribution is -2.50. The van der Waals surface area contributed by atoms with Gasteiger partial charge in [-0.2, -0.15) is 0 Å². The van der Waals surface area contributed by atoms with E-state index in [0.717, 1.165) is 24.0 Å². The van der Waals surface area contributed by atoms with Crippen molar-refractivity contribution in [2.45, 2.75) is 49.9 Å². The molecular weight excluding hydrogens is 546 g/mol. The van der Waals surface area contributed by atoms with E-state index in [9.17, 15) is 14.7 Å². The van der Waals surface area contributed by atoms with E-state index in [4.69, 9.17) is 21.1 Å². The number of hydrogen-bond acceptors (Lipinski definition) is 8. The number of amides is 2. The monoisotopic (exact) mass is 577 g/mol. The van der Waals surface area contributed by atoms with Gasteiger partial charge >= 0.3 is 0 Å².